The predicted molar refractivity (Wildman–Crippen MR) is 97.7 cm³/mol. The summed E-state index contributed by atoms with van der Waals surface area (Å²) in [6, 6.07) is 8.29. The van der Waals surface area contributed by atoms with E-state index in [0.29, 0.717) is 13.2 Å². The van der Waals surface area contributed by atoms with Crippen LogP contribution in [0.5, 0.6) is 0 Å². The van der Waals surface area contributed by atoms with Crippen molar-refractivity contribution in [2.45, 2.75) is 32.7 Å². The Hall–Kier alpha value is -1.85. The molecule has 0 amide bonds. The van der Waals surface area contributed by atoms with Gasteiger partial charge in [0.15, 0.2) is 0 Å². The summed E-state index contributed by atoms with van der Waals surface area (Å²) in [5, 5.41) is 0. The zero-order valence-electron chi connectivity index (χ0n) is 15.3. The Balaban J connectivity index is 1.63. The van der Waals surface area contributed by atoms with Gasteiger partial charge in [0.2, 0.25) is 0 Å². The number of hydrogen-bond donors (Lipinski definition) is 0. The van der Waals surface area contributed by atoms with Crippen molar-refractivity contribution in [3.63, 3.8) is 0 Å². The smallest absolute Gasteiger partial charge is 0.141 e. The standard InChI is InChI=1S/C21H26F2N2O/c1-2-26-16-21(8-7-17-3-5-19(22)6-4-17)9-10-25(15-21)14-18-11-20(23)13-24-12-18/h3-6,11-13H,2,7-10,14-16H2,1H3. The number of hydrogen-bond acceptors (Lipinski definition) is 3. The van der Waals surface area contributed by atoms with Crippen LogP contribution in [0.2, 0.25) is 0 Å². The van der Waals surface area contributed by atoms with E-state index >= 15 is 0 Å². The van der Waals surface area contributed by atoms with Crippen LogP contribution in [0.4, 0.5) is 8.78 Å². The molecule has 1 aliphatic heterocycles. The molecular weight excluding hydrogens is 334 g/mol. The maximum atomic E-state index is 13.4. The summed E-state index contributed by atoms with van der Waals surface area (Å²) in [7, 11) is 0. The van der Waals surface area contributed by atoms with Crippen molar-refractivity contribution in [1.29, 1.82) is 0 Å². The highest BCUT2D eigenvalue weighted by molar-refractivity contribution is 5.17. The Morgan fingerprint density at radius 2 is 1.92 bits per heavy atom. The van der Waals surface area contributed by atoms with Crippen LogP contribution in [0.3, 0.4) is 0 Å². The molecule has 2 heterocycles. The minimum absolute atomic E-state index is 0.0884. The summed E-state index contributed by atoms with van der Waals surface area (Å²) < 4.78 is 32.3. The highest BCUT2D eigenvalue weighted by Gasteiger charge is 2.37. The Morgan fingerprint density at radius 3 is 2.65 bits per heavy atom. The van der Waals surface area contributed by atoms with Gasteiger partial charge in [-0.25, -0.2) is 8.78 Å². The van der Waals surface area contributed by atoms with Gasteiger partial charge >= 0.3 is 0 Å². The molecule has 1 saturated heterocycles. The van der Waals surface area contributed by atoms with Gasteiger partial charge in [-0.1, -0.05) is 12.1 Å². The Kier molecular flexibility index (Phi) is 6.33. The third kappa shape index (κ3) is 5.08. The zero-order valence-corrected chi connectivity index (χ0v) is 15.3. The number of likely N-dealkylation sites (tertiary alicyclic amines) is 1. The average molecular weight is 360 g/mol. The number of pyridine rings is 1. The van der Waals surface area contributed by atoms with E-state index in [4.69, 9.17) is 4.74 Å². The number of aryl methyl sites for hydroxylation is 1. The summed E-state index contributed by atoms with van der Waals surface area (Å²) in [5.74, 6) is -0.493. The molecule has 3 rings (SSSR count). The fourth-order valence-electron chi connectivity index (χ4n) is 3.74. The summed E-state index contributed by atoms with van der Waals surface area (Å²) >= 11 is 0. The number of halogens is 2. The van der Waals surface area contributed by atoms with Crippen LogP contribution in [0, 0.1) is 17.0 Å². The van der Waals surface area contributed by atoms with Gasteiger partial charge in [-0.05, 0) is 62.1 Å². The molecule has 0 bridgehead atoms. The minimum Gasteiger partial charge on any atom is -0.381 e. The SMILES string of the molecule is CCOCC1(CCc2ccc(F)cc2)CCN(Cc2cncc(F)c2)C1. The van der Waals surface area contributed by atoms with Gasteiger partial charge in [0.05, 0.1) is 12.8 Å². The number of ether oxygens (including phenoxy) is 1. The molecule has 5 heteroatoms. The van der Waals surface area contributed by atoms with Crippen molar-refractivity contribution in [3.8, 4) is 0 Å². The van der Waals surface area contributed by atoms with E-state index in [2.05, 4.69) is 9.88 Å². The lowest BCUT2D eigenvalue weighted by Crippen LogP contribution is -2.32. The molecule has 0 aliphatic carbocycles. The fraction of sp³-hybridized carbons (Fsp3) is 0.476. The summed E-state index contributed by atoms with van der Waals surface area (Å²) in [6.07, 6.45) is 5.91. The quantitative estimate of drug-likeness (QED) is 0.705. The van der Waals surface area contributed by atoms with E-state index < -0.39 is 0 Å². The zero-order chi connectivity index (χ0) is 18.4. The van der Waals surface area contributed by atoms with Crippen LogP contribution in [0.1, 0.15) is 30.9 Å². The molecule has 3 nitrogen and oxygen atoms in total. The molecule has 0 N–H and O–H groups in total. The van der Waals surface area contributed by atoms with Gasteiger partial charge in [-0.2, -0.15) is 0 Å². The van der Waals surface area contributed by atoms with Gasteiger partial charge in [0.1, 0.15) is 11.6 Å². The molecule has 2 aromatic rings. The Bertz CT molecular complexity index is 707. The van der Waals surface area contributed by atoms with E-state index in [1.165, 1.54) is 18.3 Å². The van der Waals surface area contributed by atoms with Gasteiger partial charge in [-0.3, -0.25) is 9.88 Å². The number of rotatable bonds is 8. The lowest BCUT2D eigenvalue weighted by molar-refractivity contribution is 0.0489. The lowest BCUT2D eigenvalue weighted by atomic mass is 9.82. The molecule has 1 aromatic heterocycles. The van der Waals surface area contributed by atoms with Crippen LogP contribution in [0.15, 0.2) is 42.7 Å². The first-order valence-corrected chi connectivity index (χ1v) is 9.22. The van der Waals surface area contributed by atoms with Crippen LogP contribution in [-0.2, 0) is 17.7 Å². The van der Waals surface area contributed by atoms with Crippen molar-refractivity contribution in [1.82, 2.24) is 9.88 Å². The van der Waals surface area contributed by atoms with E-state index in [-0.39, 0.29) is 17.0 Å². The first-order valence-electron chi connectivity index (χ1n) is 9.22. The predicted octanol–water partition coefficient (Wildman–Crippen LogP) is 4.22. The Labute approximate surface area is 154 Å². The van der Waals surface area contributed by atoms with Crippen LogP contribution in [-0.4, -0.2) is 36.2 Å². The molecule has 1 aromatic carbocycles. The molecule has 26 heavy (non-hydrogen) atoms. The normalized spacial score (nSPS) is 20.6. The first-order chi connectivity index (χ1) is 12.6. The van der Waals surface area contributed by atoms with Gasteiger partial charge in [-0.15, -0.1) is 0 Å². The third-order valence-electron chi connectivity index (χ3n) is 5.15. The van der Waals surface area contributed by atoms with Crippen molar-refractivity contribution in [2.24, 2.45) is 5.41 Å². The number of benzene rings is 1. The highest BCUT2D eigenvalue weighted by Crippen LogP contribution is 2.36. The van der Waals surface area contributed by atoms with Crippen molar-refractivity contribution in [2.75, 3.05) is 26.3 Å². The molecule has 0 spiro atoms. The maximum absolute atomic E-state index is 13.4. The molecule has 1 fully saturated rings. The molecule has 1 atom stereocenters. The van der Waals surface area contributed by atoms with E-state index in [0.717, 1.165) is 50.1 Å². The number of aromatic nitrogens is 1. The minimum atomic E-state index is -0.293. The molecule has 0 radical (unpaired) electrons. The second kappa shape index (κ2) is 8.69. The van der Waals surface area contributed by atoms with Gasteiger partial charge in [0.25, 0.3) is 0 Å². The van der Waals surface area contributed by atoms with Crippen molar-refractivity contribution >= 4 is 0 Å². The second-order valence-corrected chi connectivity index (χ2v) is 7.24. The largest absolute Gasteiger partial charge is 0.381 e. The van der Waals surface area contributed by atoms with Gasteiger partial charge < -0.3 is 4.74 Å². The van der Waals surface area contributed by atoms with Crippen LogP contribution >= 0.6 is 0 Å². The fourth-order valence-corrected chi connectivity index (χ4v) is 3.74. The first kappa shape index (κ1) is 18.9. The summed E-state index contributed by atoms with van der Waals surface area (Å²) in [6.45, 7) is 6.03. The second-order valence-electron chi connectivity index (χ2n) is 7.24. The maximum Gasteiger partial charge on any atom is 0.141 e. The number of nitrogens with zero attached hydrogens (tertiary/aromatic N) is 2. The van der Waals surface area contributed by atoms with Crippen molar-refractivity contribution < 1.29 is 13.5 Å². The molecule has 1 aliphatic rings. The molecular formula is C21H26F2N2O. The summed E-state index contributed by atoms with van der Waals surface area (Å²) in [5.41, 5.74) is 2.14. The topological polar surface area (TPSA) is 25.4 Å². The average Bonchev–Trinajstić information content (AvgIpc) is 3.03. The van der Waals surface area contributed by atoms with Gasteiger partial charge in [0, 0.05) is 31.3 Å². The highest BCUT2D eigenvalue weighted by atomic mass is 19.1. The molecule has 140 valence electrons. The molecule has 0 saturated carbocycles. The lowest BCUT2D eigenvalue weighted by Gasteiger charge is -2.29. The van der Waals surface area contributed by atoms with E-state index in [9.17, 15) is 8.78 Å². The monoisotopic (exact) mass is 360 g/mol. The van der Waals surface area contributed by atoms with Crippen LogP contribution in [0.25, 0.3) is 0 Å². The third-order valence-corrected chi connectivity index (χ3v) is 5.15. The summed E-state index contributed by atoms with van der Waals surface area (Å²) in [4.78, 5) is 6.29. The van der Waals surface area contributed by atoms with Crippen LogP contribution < -0.4 is 0 Å². The van der Waals surface area contributed by atoms with Crippen molar-refractivity contribution in [3.05, 3.63) is 65.5 Å². The van der Waals surface area contributed by atoms with E-state index in [1.807, 2.05) is 19.1 Å². The van der Waals surface area contributed by atoms with E-state index in [1.54, 1.807) is 12.3 Å². The molecule has 1 unspecified atom stereocenters. The Morgan fingerprint density at radius 1 is 1.12 bits per heavy atom.